The highest BCUT2D eigenvalue weighted by Crippen LogP contribution is 2.20. The van der Waals surface area contributed by atoms with Gasteiger partial charge in [-0.05, 0) is 54.6 Å². The molecule has 0 aliphatic heterocycles. The van der Waals surface area contributed by atoms with E-state index in [1.165, 1.54) is 6.07 Å². The summed E-state index contributed by atoms with van der Waals surface area (Å²) < 4.78 is 13.6. The summed E-state index contributed by atoms with van der Waals surface area (Å²) >= 11 is 3.19. The molecule has 0 spiro atoms. The van der Waals surface area contributed by atoms with Gasteiger partial charge in [-0.1, -0.05) is 6.07 Å². The predicted molar refractivity (Wildman–Crippen MR) is 69.1 cm³/mol. The second-order valence-electron chi connectivity index (χ2n) is 4.15. The molecular weight excluding hydrogens is 271 g/mol. The van der Waals surface area contributed by atoms with E-state index in [0.29, 0.717) is 4.47 Å². The lowest BCUT2D eigenvalue weighted by Gasteiger charge is -2.16. The van der Waals surface area contributed by atoms with Gasteiger partial charge in [-0.2, -0.15) is 0 Å². The fraction of sp³-hybridized carbons (Fsp3) is 0.500. The van der Waals surface area contributed by atoms with E-state index in [-0.39, 0.29) is 11.9 Å². The first-order chi connectivity index (χ1) is 7.50. The highest BCUT2D eigenvalue weighted by atomic mass is 79.9. The molecule has 16 heavy (non-hydrogen) atoms. The van der Waals surface area contributed by atoms with E-state index in [2.05, 4.69) is 33.1 Å². The summed E-state index contributed by atoms with van der Waals surface area (Å²) in [6, 6.07) is 5.36. The Morgan fingerprint density at radius 3 is 2.69 bits per heavy atom. The molecule has 0 saturated carbocycles. The van der Waals surface area contributed by atoms with Crippen LogP contribution in [0, 0.1) is 5.82 Å². The molecule has 1 aromatic carbocycles. The van der Waals surface area contributed by atoms with Crippen molar-refractivity contribution in [3.63, 3.8) is 0 Å². The van der Waals surface area contributed by atoms with Crippen LogP contribution in [0.1, 0.15) is 18.5 Å². The third-order valence-electron chi connectivity index (χ3n) is 2.45. The molecule has 0 radical (unpaired) electrons. The van der Waals surface area contributed by atoms with Gasteiger partial charge in [0, 0.05) is 19.1 Å². The zero-order valence-corrected chi connectivity index (χ0v) is 11.5. The fourth-order valence-corrected chi connectivity index (χ4v) is 1.80. The molecule has 2 nitrogen and oxygen atoms in total. The van der Waals surface area contributed by atoms with Crippen LogP contribution in [-0.4, -0.2) is 32.1 Å². The Hall–Kier alpha value is -0.450. The van der Waals surface area contributed by atoms with Gasteiger partial charge in [-0.3, -0.25) is 0 Å². The van der Waals surface area contributed by atoms with Crippen LogP contribution >= 0.6 is 15.9 Å². The van der Waals surface area contributed by atoms with E-state index < -0.39 is 0 Å². The van der Waals surface area contributed by atoms with Crippen molar-refractivity contribution in [3.8, 4) is 0 Å². The van der Waals surface area contributed by atoms with Crippen molar-refractivity contribution in [2.75, 3.05) is 27.2 Å². The fourth-order valence-electron chi connectivity index (χ4n) is 1.40. The maximum absolute atomic E-state index is 13.0. The van der Waals surface area contributed by atoms with E-state index >= 15 is 0 Å². The zero-order chi connectivity index (χ0) is 12.1. The van der Waals surface area contributed by atoms with Crippen molar-refractivity contribution in [2.24, 2.45) is 0 Å². The summed E-state index contributed by atoms with van der Waals surface area (Å²) in [6.07, 6.45) is 0. The summed E-state index contributed by atoms with van der Waals surface area (Å²) in [5.41, 5.74) is 1.09. The van der Waals surface area contributed by atoms with Crippen LogP contribution in [0.15, 0.2) is 22.7 Å². The summed E-state index contributed by atoms with van der Waals surface area (Å²) in [5, 5.41) is 3.39. The average Bonchev–Trinajstić information content (AvgIpc) is 2.21. The smallest absolute Gasteiger partial charge is 0.137 e. The molecule has 1 atom stereocenters. The number of hydrogen-bond donors (Lipinski definition) is 1. The summed E-state index contributed by atoms with van der Waals surface area (Å²) in [7, 11) is 4.08. The van der Waals surface area contributed by atoms with E-state index in [0.717, 1.165) is 18.7 Å². The van der Waals surface area contributed by atoms with Gasteiger partial charge < -0.3 is 10.2 Å². The lowest BCUT2D eigenvalue weighted by Crippen LogP contribution is -2.28. The Kier molecular flexibility index (Phi) is 5.38. The lowest BCUT2D eigenvalue weighted by molar-refractivity contribution is 0.389. The molecule has 0 amide bonds. The summed E-state index contributed by atoms with van der Waals surface area (Å²) in [4.78, 5) is 2.13. The Balaban J connectivity index is 2.52. The van der Waals surface area contributed by atoms with Crippen LogP contribution in [0.2, 0.25) is 0 Å². The molecular formula is C12H18BrFN2. The Labute approximate surface area is 105 Å². The molecule has 4 heteroatoms. The summed E-state index contributed by atoms with van der Waals surface area (Å²) in [6.45, 7) is 3.99. The molecule has 0 aliphatic carbocycles. The van der Waals surface area contributed by atoms with Gasteiger partial charge in [-0.25, -0.2) is 4.39 Å². The van der Waals surface area contributed by atoms with Crippen molar-refractivity contribution in [3.05, 3.63) is 34.1 Å². The topological polar surface area (TPSA) is 15.3 Å². The van der Waals surface area contributed by atoms with Crippen LogP contribution in [0.25, 0.3) is 0 Å². The first-order valence-corrected chi connectivity index (χ1v) is 6.13. The third kappa shape index (κ3) is 4.20. The Bertz CT molecular complexity index is 342. The minimum atomic E-state index is -0.218. The van der Waals surface area contributed by atoms with Crippen molar-refractivity contribution < 1.29 is 4.39 Å². The van der Waals surface area contributed by atoms with Crippen molar-refractivity contribution >= 4 is 15.9 Å². The normalized spacial score (nSPS) is 13.1. The van der Waals surface area contributed by atoms with Gasteiger partial charge in [0.05, 0.1) is 4.47 Å². The van der Waals surface area contributed by atoms with Crippen LogP contribution in [0.4, 0.5) is 4.39 Å². The highest BCUT2D eigenvalue weighted by Gasteiger charge is 2.07. The number of benzene rings is 1. The maximum Gasteiger partial charge on any atom is 0.137 e. The maximum atomic E-state index is 13.0. The van der Waals surface area contributed by atoms with Crippen LogP contribution in [0.3, 0.4) is 0 Å². The third-order valence-corrected chi connectivity index (χ3v) is 3.06. The van der Waals surface area contributed by atoms with E-state index in [4.69, 9.17) is 0 Å². The molecule has 0 heterocycles. The first kappa shape index (κ1) is 13.6. The van der Waals surface area contributed by atoms with Gasteiger partial charge >= 0.3 is 0 Å². The molecule has 0 aromatic heterocycles. The largest absolute Gasteiger partial charge is 0.309 e. The van der Waals surface area contributed by atoms with Crippen LogP contribution in [0.5, 0.6) is 0 Å². The number of nitrogens with one attached hydrogen (secondary N) is 1. The molecule has 1 aromatic rings. The molecule has 1 N–H and O–H groups in total. The second kappa shape index (κ2) is 6.33. The monoisotopic (exact) mass is 288 g/mol. The molecule has 0 aliphatic rings. The number of likely N-dealkylation sites (N-methyl/N-ethyl adjacent to an activating group) is 1. The highest BCUT2D eigenvalue weighted by molar-refractivity contribution is 9.10. The van der Waals surface area contributed by atoms with Crippen molar-refractivity contribution in [2.45, 2.75) is 13.0 Å². The Morgan fingerprint density at radius 2 is 2.12 bits per heavy atom. The van der Waals surface area contributed by atoms with E-state index in [1.807, 2.05) is 26.2 Å². The molecule has 1 rings (SSSR count). The molecule has 0 saturated heterocycles. The SMILES string of the molecule is CC(NCCN(C)C)c1ccc(F)c(Br)c1. The van der Waals surface area contributed by atoms with Crippen LogP contribution < -0.4 is 5.32 Å². The Morgan fingerprint density at radius 1 is 1.44 bits per heavy atom. The van der Waals surface area contributed by atoms with Gasteiger partial charge in [0.1, 0.15) is 5.82 Å². The van der Waals surface area contributed by atoms with Gasteiger partial charge in [0.15, 0.2) is 0 Å². The molecule has 90 valence electrons. The second-order valence-corrected chi connectivity index (χ2v) is 5.01. The quantitative estimate of drug-likeness (QED) is 0.896. The minimum Gasteiger partial charge on any atom is -0.309 e. The number of hydrogen-bond acceptors (Lipinski definition) is 2. The standard InChI is InChI=1S/C12H18BrFN2/c1-9(15-6-7-16(2)3)10-4-5-12(14)11(13)8-10/h4-5,8-9,15H,6-7H2,1-3H3. The lowest BCUT2D eigenvalue weighted by atomic mass is 10.1. The number of rotatable bonds is 5. The summed E-state index contributed by atoms with van der Waals surface area (Å²) in [5.74, 6) is -0.218. The van der Waals surface area contributed by atoms with E-state index in [1.54, 1.807) is 0 Å². The van der Waals surface area contributed by atoms with Crippen LogP contribution in [-0.2, 0) is 0 Å². The predicted octanol–water partition coefficient (Wildman–Crippen LogP) is 2.80. The number of nitrogens with zero attached hydrogens (tertiary/aromatic N) is 1. The van der Waals surface area contributed by atoms with Gasteiger partial charge in [-0.15, -0.1) is 0 Å². The van der Waals surface area contributed by atoms with Gasteiger partial charge in [0.2, 0.25) is 0 Å². The molecule has 1 unspecified atom stereocenters. The average molecular weight is 289 g/mol. The molecule has 0 bridgehead atoms. The van der Waals surface area contributed by atoms with E-state index in [9.17, 15) is 4.39 Å². The first-order valence-electron chi connectivity index (χ1n) is 5.33. The zero-order valence-electron chi connectivity index (χ0n) is 9.93. The van der Waals surface area contributed by atoms with Gasteiger partial charge in [0.25, 0.3) is 0 Å². The number of halogens is 2. The van der Waals surface area contributed by atoms with Crippen molar-refractivity contribution in [1.29, 1.82) is 0 Å². The van der Waals surface area contributed by atoms with Crippen molar-refractivity contribution in [1.82, 2.24) is 10.2 Å². The minimum absolute atomic E-state index is 0.218. The molecule has 0 fully saturated rings.